The summed E-state index contributed by atoms with van der Waals surface area (Å²) < 4.78 is 10.2. The fourth-order valence-electron chi connectivity index (χ4n) is 2.29. The first kappa shape index (κ1) is 16.8. The molecule has 0 radical (unpaired) electrons. The maximum Gasteiger partial charge on any atom is 0.407 e. The Morgan fingerprint density at radius 1 is 1.30 bits per heavy atom. The molecule has 3 atom stereocenters. The third-order valence-corrected chi connectivity index (χ3v) is 3.11. The van der Waals surface area contributed by atoms with Gasteiger partial charge in [-0.3, -0.25) is 4.79 Å². The molecule has 1 aliphatic carbocycles. The molecule has 0 saturated heterocycles. The van der Waals surface area contributed by atoms with E-state index in [2.05, 4.69) is 5.32 Å². The van der Waals surface area contributed by atoms with Crippen molar-refractivity contribution >= 4 is 12.1 Å². The topological polar surface area (TPSA) is 84.9 Å². The number of carbonyl (C=O) groups excluding carboxylic acids is 2. The molecule has 2 N–H and O–H groups in total. The molecule has 0 spiro atoms. The van der Waals surface area contributed by atoms with Crippen molar-refractivity contribution in [3.05, 3.63) is 0 Å². The van der Waals surface area contributed by atoms with Gasteiger partial charge in [-0.25, -0.2) is 4.79 Å². The minimum atomic E-state index is -0.586. The van der Waals surface area contributed by atoms with Crippen LogP contribution in [-0.2, 0) is 14.3 Å². The Balaban J connectivity index is 2.64. The first-order valence-corrected chi connectivity index (χ1v) is 7.07. The molecular formula is C14H25NO5. The van der Waals surface area contributed by atoms with Crippen LogP contribution in [0.1, 0.15) is 47.0 Å². The molecule has 1 amide bonds. The quantitative estimate of drug-likeness (QED) is 0.770. The average Bonchev–Trinajstić information content (AvgIpc) is 2.29. The lowest BCUT2D eigenvalue weighted by atomic mass is 9.83. The van der Waals surface area contributed by atoms with Crippen molar-refractivity contribution in [3.63, 3.8) is 0 Å². The monoisotopic (exact) mass is 287 g/mol. The van der Waals surface area contributed by atoms with Crippen molar-refractivity contribution in [3.8, 4) is 0 Å². The van der Waals surface area contributed by atoms with Gasteiger partial charge in [0.15, 0.2) is 0 Å². The second-order valence-electron chi connectivity index (χ2n) is 6.08. The van der Waals surface area contributed by atoms with Crippen LogP contribution in [0.15, 0.2) is 0 Å². The zero-order valence-corrected chi connectivity index (χ0v) is 12.6. The number of carbonyl (C=O) groups is 2. The summed E-state index contributed by atoms with van der Waals surface area (Å²) in [7, 11) is 0. The van der Waals surface area contributed by atoms with Crippen LogP contribution in [0.5, 0.6) is 0 Å². The van der Waals surface area contributed by atoms with E-state index >= 15 is 0 Å². The van der Waals surface area contributed by atoms with Crippen molar-refractivity contribution in [1.29, 1.82) is 0 Å². The number of aliphatic hydroxyl groups is 1. The van der Waals surface area contributed by atoms with Gasteiger partial charge in [0.1, 0.15) is 5.60 Å². The van der Waals surface area contributed by atoms with Crippen LogP contribution >= 0.6 is 0 Å². The Hall–Kier alpha value is -1.30. The van der Waals surface area contributed by atoms with E-state index in [0.29, 0.717) is 19.3 Å². The number of amides is 1. The molecule has 1 rings (SSSR count). The van der Waals surface area contributed by atoms with Gasteiger partial charge >= 0.3 is 12.1 Å². The number of esters is 1. The van der Waals surface area contributed by atoms with E-state index < -0.39 is 23.7 Å². The highest BCUT2D eigenvalue weighted by Crippen LogP contribution is 2.26. The summed E-state index contributed by atoms with van der Waals surface area (Å²) >= 11 is 0. The summed E-state index contributed by atoms with van der Waals surface area (Å²) in [6.07, 6.45) is 0.314. The third-order valence-electron chi connectivity index (χ3n) is 3.11. The van der Waals surface area contributed by atoms with Crippen LogP contribution in [-0.4, -0.2) is 41.5 Å². The standard InChI is InChI=1S/C14H25NO5/c1-5-19-12(17)10-8-9(16)6-7-11(10)15-13(18)20-14(2,3)4/h9-11,16H,5-8H2,1-4H3,(H,15,18)/t9-,10+,11-/m0/s1. The normalized spacial score (nSPS) is 26.8. The fourth-order valence-corrected chi connectivity index (χ4v) is 2.29. The van der Waals surface area contributed by atoms with E-state index in [1.807, 2.05) is 0 Å². The van der Waals surface area contributed by atoms with E-state index in [1.54, 1.807) is 27.7 Å². The van der Waals surface area contributed by atoms with Gasteiger partial charge in [0.05, 0.1) is 18.6 Å². The van der Waals surface area contributed by atoms with Gasteiger partial charge in [-0.1, -0.05) is 0 Å². The molecule has 6 heteroatoms. The molecule has 0 aromatic rings. The minimum Gasteiger partial charge on any atom is -0.466 e. The van der Waals surface area contributed by atoms with Crippen LogP contribution < -0.4 is 5.32 Å². The lowest BCUT2D eigenvalue weighted by Gasteiger charge is -2.33. The van der Waals surface area contributed by atoms with Crippen molar-refractivity contribution in [2.24, 2.45) is 5.92 Å². The first-order chi connectivity index (χ1) is 9.23. The lowest BCUT2D eigenvalue weighted by molar-refractivity contribution is -0.151. The van der Waals surface area contributed by atoms with Gasteiger partial charge in [-0.15, -0.1) is 0 Å². The summed E-state index contributed by atoms with van der Waals surface area (Å²) in [6.45, 7) is 7.35. The number of ether oxygens (including phenoxy) is 2. The molecule has 0 bridgehead atoms. The van der Waals surface area contributed by atoms with Gasteiger partial charge in [-0.2, -0.15) is 0 Å². The van der Waals surface area contributed by atoms with Crippen LogP contribution in [0.25, 0.3) is 0 Å². The van der Waals surface area contributed by atoms with E-state index in [1.165, 1.54) is 0 Å². The van der Waals surface area contributed by atoms with Gasteiger partial charge in [0, 0.05) is 6.04 Å². The summed E-state index contributed by atoms with van der Waals surface area (Å²) in [4.78, 5) is 23.7. The Kier molecular flexibility index (Phi) is 5.80. The van der Waals surface area contributed by atoms with E-state index in [0.717, 1.165) is 0 Å². The minimum absolute atomic E-state index is 0.282. The highest BCUT2D eigenvalue weighted by atomic mass is 16.6. The Morgan fingerprint density at radius 3 is 2.50 bits per heavy atom. The van der Waals surface area contributed by atoms with E-state index in [-0.39, 0.29) is 18.6 Å². The maximum atomic E-state index is 11.9. The molecule has 1 fully saturated rings. The number of alkyl carbamates (subject to hydrolysis) is 1. The number of hydrogen-bond acceptors (Lipinski definition) is 5. The molecule has 1 saturated carbocycles. The predicted molar refractivity (Wildman–Crippen MR) is 73.1 cm³/mol. The Morgan fingerprint density at radius 2 is 1.95 bits per heavy atom. The molecule has 1 aliphatic rings. The maximum absolute atomic E-state index is 11.9. The fraction of sp³-hybridized carbons (Fsp3) is 0.857. The molecule has 0 aromatic carbocycles. The molecule has 0 heterocycles. The van der Waals surface area contributed by atoms with E-state index in [4.69, 9.17) is 9.47 Å². The number of hydrogen-bond donors (Lipinski definition) is 2. The van der Waals surface area contributed by atoms with Gasteiger partial charge in [0.25, 0.3) is 0 Å². The van der Waals surface area contributed by atoms with Gasteiger partial charge < -0.3 is 19.9 Å². The molecule has 116 valence electrons. The highest BCUT2D eigenvalue weighted by Gasteiger charge is 2.37. The van der Waals surface area contributed by atoms with Crippen LogP contribution in [0.2, 0.25) is 0 Å². The largest absolute Gasteiger partial charge is 0.466 e. The zero-order chi connectivity index (χ0) is 15.3. The second kappa shape index (κ2) is 6.92. The molecule has 20 heavy (non-hydrogen) atoms. The summed E-state index contributed by atoms with van der Waals surface area (Å²) in [5.41, 5.74) is -0.586. The molecule has 6 nitrogen and oxygen atoms in total. The van der Waals surface area contributed by atoms with Crippen molar-refractivity contribution < 1.29 is 24.2 Å². The van der Waals surface area contributed by atoms with Gasteiger partial charge in [-0.05, 0) is 47.0 Å². The van der Waals surface area contributed by atoms with Crippen molar-refractivity contribution in [2.75, 3.05) is 6.61 Å². The molecular weight excluding hydrogens is 262 g/mol. The number of nitrogens with one attached hydrogen (secondary N) is 1. The van der Waals surface area contributed by atoms with Crippen LogP contribution in [0.4, 0.5) is 4.79 Å². The van der Waals surface area contributed by atoms with Crippen LogP contribution in [0.3, 0.4) is 0 Å². The number of rotatable bonds is 3. The van der Waals surface area contributed by atoms with Gasteiger partial charge in [0.2, 0.25) is 0 Å². The second-order valence-corrected chi connectivity index (χ2v) is 6.08. The third kappa shape index (κ3) is 5.36. The number of aliphatic hydroxyl groups excluding tert-OH is 1. The summed E-state index contributed by atoms with van der Waals surface area (Å²) in [6, 6.07) is -0.354. The predicted octanol–water partition coefficient (Wildman–Crippen LogP) is 1.60. The first-order valence-electron chi connectivity index (χ1n) is 7.07. The molecule has 0 aliphatic heterocycles. The summed E-state index contributed by atoms with van der Waals surface area (Å²) in [5, 5.41) is 12.4. The smallest absolute Gasteiger partial charge is 0.407 e. The average molecular weight is 287 g/mol. The van der Waals surface area contributed by atoms with Crippen molar-refractivity contribution in [2.45, 2.75) is 64.7 Å². The highest BCUT2D eigenvalue weighted by molar-refractivity contribution is 5.75. The molecule has 0 unspecified atom stereocenters. The molecule has 0 aromatic heterocycles. The van der Waals surface area contributed by atoms with Crippen molar-refractivity contribution in [1.82, 2.24) is 5.32 Å². The SMILES string of the molecule is CCOC(=O)[C@@H]1C[C@@H](O)CC[C@@H]1NC(=O)OC(C)(C)C. The zero-order valence-electron chi connectivity index (χ0n) is 12.6. The van der Waals surface area contributed by atoms with E-state index in [9.17, 15) is 14.7 Å². The lowest BCUT2D eigenvalue weighted by Crippen LogP contribution is -2.49. The Bertz CT molecular complexity index is 350. The van der Waals surface area contributed by atoms with Crippen LogP contribution in [0, 0.1) is 5.92 Å². The Labute approximate surface area is 119 Å². The summed E-state index contributed by atoms with van der Waals surface area (Å²) in [5.74, 6) is -0.904.